The summed E-state index contributed by atoms with van der Waals surface area (Å²) >= 11 is 0. The van der Waals surface area contributed by atoms with Crippen LogP contribution in [-0.4, -0.2) is 63.7 Å². The van der Waals surface area contributed by atoms with Crippen molar-refractivity contribution in [2.24, 2.45) is 0 Å². The molecule has 1 aromatic carbocycles. The molecule has 3 aromatic rings. The Hall–Kier alpha value is -3.77. The number of pyridine rings is 1. The predicted molar refractivity (Wildman–Crippen MR) is 112 cm³/mol. The van der Waals surface area contributed by atoms with E-state index in [0.29, 0.717) is 41.6 Å². The van der Waals surface area contributed by atoms with Gasteiger partial charge in [-0.1, -0.05) is 0 Å². The zero-order valence-corrected chi connectivity index (χ0v) is 17.4. The van der Waals surface area contributed by atoms with Crippen LogP contribution in [0.3, 0.4) is 0 Å². The summed E-state index contributed by atoms with van der Waals surface area (Å²) in [6.07, 6.45) is 2.92. The van der Waals surface area contributed by atoms with E-state index < -0.39 is 11.4 Å². The number of nitriles is 1. The molecule has 0 atom stereocenters. The Balaban J connectivity index is 1.58. The van der Waals surface area contributed by atoms with Gasteiger partial charge in [-0.2, -0.15) is 5.26 Å². The number of rotatable bonds is 4. The summed E-state index contributed by atoms with van der Waals surface area (Å²) in [6.45, 7) is 3.06. The quantitative estimate of drug-likeness (QED) is 0.696. The lowest BCUT2D eigenvalue weighted by Gasteiger charge is -2.42. The number of carbonyl (C=O) groups is 1. The largest absolute Gasteiger partial charge is 0.335 e. The van der Waals surface area contributed by atoms with Crippen LogP contribution in [0.25, 0.3) is 16.9 Å². The van der Waals surface area contributed by atoms with E-state index in [1.165, 1.54) is 29.2 Å². The standard InChI is InChI=1S/C22H21FN6O2/c1-13-6-15(8-24)19(23)7-17(13)18-10-26-29(22(18)31)20-5-4-14(9-25-20)21(30)28-11-16(12-28)27(2)3/h4-7,9-10,16,26H,11-12H2,1-3H3. The Kier molecular flexibility index (Phi) is 5.17. The Labute approximate surface area is 178 Å². The van der Waals surface area contributed by atoms with Crippen molar-refractivity contribution in [3.8, 4) is 23.0 Å². The average Bonchev–Trinajstić information content (AvgIpc) is 3.09. The molecule has 0 saturated carbocycles. The summed E-state index contributed by atoms with van der Waals surface area (Å²) in [7, 11) is 3.97. The smallest absolute Gasteiger partial charge is 0.280 e. The molecule has 0 unspecified atom stereocenters. The van der Waals surface area contributed by atoms with Gasteiger partial charge in [-0.05, 0) is 56.4 Å². The molecule has 1 saturated heterocycles. The summed E-state index contributed by atoms with van der Waals surface area (Å²) in [5, 5.41) is 11.8. The van der Waals surface area contributed by atoms with Gasteiger partial charge in [0, 0.05) is 31.5 Å². The molecule has 1 aliphatic rings. The number of hydrogen-bond donors (Lipinski definition) is 1. The predicted octanol–water partition coefficient (Wildman–Crippen LogP) is 1.93. The van der Waals surface area contributed by atoms with Gasteiger partial charge in [0.1, 0.15) is 11.9 Å². The summed E-state index contributed by atoms with van der Waals surface area (Å²) in [6, 6.07) is 7.97. The molecule has 0 radical (unpaired) electrons. The zero-order valence-electron chi connectivity index (χ0n) is 17.4. The average molecular weight is 420 g/mol. The maximum atomic E-state index is 14.1. The first-order valence-corrected chi connectivity index (χ1v) is 9.73. The first-order valence-electron chi connectivity index (χ1n) is 9.73. The number of amides is 1. The van der Waals surface area contributed by atoms with Gasteiger partial charge in [0.05, 0.1) is 16.7 Å². The number of nitrogens with one attached hydrogen (secondary N) is 1. The number of benzene rings is 1. The third kappa shape index (κ3) is 3.62. The van der Waals surface area contributed by atoms with E-state index in [1.54, 1.807) is 30.0 Å². The maximum Gasteiger partial charge on any atom is 0.280 e. The highest BCUT2D eigenvalue weighted by Gasteiger charge is 2.32. The van der Waals surface area contributed by atoms with E-state index in [1.807, 2.05) is 14.1 Å². The fourth-order valence-corrected chi connectivity index (χ4v) is 3.57. The van der Waals surface area contributed by atoms with E-state index in [9.17, 15) is 14.0 Å². The highest BCUT2D eigenvalue weighted by molar-refractivity contribution is 5.94. The van der Waals surface area contributed by atoms with Crippen molar-refractivity contribution in [1.29, 1.82) is 5.26 Å². The summed E-state index contributed by atoms with van der Waals surface area (Å²) in [4.78, 5) is 33.5. The van der Waals surface area contributed by atoms with Gasteiger partial charge in [0.2, 0.25) is 0 Å². The Bertz CT molecular complexity index is 1250. The number of aromatic nitrogens is 3. The molecule has 1 aliphatic heterocycles. The van der Waals surface area contributed by atoms with E-state index >= 15 is 0 Å². The topological polar surface area (TPSA) is 98.0 Å². The molecule has 4 rings (SSSR count). The molecule has 8 nitrogen and oxygen atoms in total. The van der Waals surface area contributed by atoms with E-state index in [4.69, 9.17) is 5.26 Å². The van der Waals surface area contributed by atoms with Crippen molar-refractivity contribution in [3.05, 3.63) is 69.5 Å². The minimum atomic E-state index is -0.682. The number of carbonyl (C=O) groups excluding carboxylic acids is 1. The number of aromatic amines is 1. The van der Waals surface area contributed by atoms with Crippen LogP contribution in [0.2, 0.25) is 0 Å². The number of nitrogens with zero attached hydrogens (tertiary/aromatic N) is 5. The molecule has 158 valence electrons. The van der Waals surface area contributed by atoms with Crippen LogP contribution in [0, 0.1) is 24.1 Å². The van der Waals surface area contributed by atoms with E-state index in [2.05, 4.69) is 15.0 Å². The number of likely N-dealkylation sites (tertiary alicyclic amines) is 1. The van der Waals surface area contributed by atoms with Gasteiger partial charge in [-0.3, -0.25) is 14.7 Å². The highest BCUT2D eigenvalue weighted by atomic mass is 19.1. The van der Waals surface area contributed by atoms with Gasteiger partial charge in [-0.25, -0.2) is 14.1 Å². The SMILES string of the molecule is Cc1cc(C#N)c(F)cc1-c1c[nH]n(-c2ccc(C(=O)N3CC(N(C)C)C3)cn2)c1=O. The normalized spacial score (nSPS) is 13.9. The van der Waals surface area contributed by atoms with Crippen molar-refractivity contribution in [1.82, 2.24) is 24.6 Å². The number of aryl methyl sites for hydroxylation is 1. The fraction of sp³-hybridized carbons (Fsp3) is 0.273. The van der Waals surface area contributed by atoms with Crippen LogP contribution in [0.1, 0.15) is 21.5 Å². The summed E-state index contributed by atoms with van der Waals surface area (Å²) < 4.78 is 15.3. The zero-order chi connectivity index (χ0) is 22.3. The van der Waals surface area contributed by atoms with Crippen molar-refractivity contribution < 1.29 is 9.18 Å². The second kappa shape index (κ2) is 7.81. The van der Waals surface area contributed by atoms with Crippen LogP contribution in [0.15, 0.2) is 41.5 Å². The number of halogens is 1. The monoisotopic (exact) mass is 420 g/mol. The molecule has 2 aromatic heterocycles. The lowest BCUT2D eigenvalue weighted by Crippen LogP contribution is -2.59. The van der Waals surface area contributed by atoms with Gasteiger partial charge >= 0.3 is 0 Å². The van der Waals surface area contributed by atoms with Crippen LogP contribution in [0.4, 0.5) is 4.39 Å². The summed E-state index contributed by atoms with van der Waals surface area (Å²) in [5.41, 5.74) is 1.25. The van der Waals surface area contributed by atoms with Crippen molar-refractivity contribution in [3.63, 3.8) is 0 Å². The second-order valence-electron chi connectivity index (χ2n) is 7.82. The molecule has 1 fully saturated rings. The maximum absolute atomic E-state index is 14.1. The Morgan fingerprint density at radius 2 is 2.03 bits per heavy atom. The fourth-order valence-electron chi connectivity index (χ4n) is 3.57. The first kappa shape index (κ1) is 20.5. The van der Waals surface area contributed by atoms with E-state index in [0.717, 1.165) is 0 Å². The van der Waals surface area contributed by atoms with Crippen LogP contribution in [0.5, 0.6) is 0 Å². The van der Waals surface area contributed by atoms with Crippen molar-refractivity contribution in [2.45, 2.75) is 13.0 Å². The minimum absolute atomic E-state index is 0.0712. The van der Waals surface area contributed by atoms with Crippen LogP contribution in [-0.2, 0) is 0 Å². The second-order valence-corrected chi connectivity index (χ2v) is 7.82. The molecule has 3 heterocycles. The molecule has 1 amide bonds. The van der Waals surface area contributed by atoms with Gasteiger partial charge in [0.15, 0.2) is 5.82 Å². The van der Waals surface area contributed by atoms with Crippen LogP contribution >= 0.6 is 0 Å². The number of H-pyrrole nitrogens is 1. The van der Waals surface area contributed by atoms with Crippen molar-refractivity contribution in [2.75, 3.05) is 27.2 Å². The number of hydrogen-bond acceptors (Lipinski definition) is 5. The lowest BCUT2D eigenvalue weighted by molar-refractivity contribution is 0.0399. The molecule has 0 spiro atoms. The van der Waals surface area contributed by atoms with Crippen molar-refractivity contribution >= 4 is 5.91 Å². The third-order valence-corrected chi connectivity index (χ3v) is 5.60. The summed E-state index contributed by atoms with van der Waals surface area (Å²) in [5.74, 6) is -0.464. The van der Waals surface area contributed by atoms with E-state index in [-0.39, 0.29) is 17.0 Å². The van der Waals surface area contributed by atoms with Gasteiger partial charge < -0.3 is 9.80 Å². The minimum Gasteiger partial charge on any atom is -0.335 e. The molecule has 31 heavy (non-hydrogen) atoms. The Morgan fingerprint density at radius 1 is 1.29 bits per heavy atom. The molecule has 9 heteroatoms. The molecule has 0 bridgehead atoms. The van der Waals surface area contributed by atoms with Gasteiger partial charge in [-0.15, -0.1) is 0 Å². The van der Waals surface area contributed by atoms with Gasteiger partial charge in [0.25, 0.3) is 11.5 Å². The van der Waals surface area contributed by atoms with Crippen LogP contribution < -0.4 is 5.56 Å². The molecule has 1 N–H and O–H groups in total. The third-order valence-electron chi connectivity index (χ3n) is 5.60. The Morgan fingerprint density at radius 3 is 2.65 bits per heavy atom. The first-order chi connectivity index (χ1) is 14.8. The molecule has 0 aliphatic carbocycles. The molecular weight excluding hydrogens is 399 g/mol. The number of likely N-dealkylation sites (N-methyl/N-ethyl adjacent to an activating group) is 1. The molecular formula is C22H21FN6O2. The lowest BCUT2D eigenvalue weighted by atomic mass is 10.0. The highest BCUT2D eigenvalue weighted by Crippen LogP contribution is 2.24.